The second-order valence-electron chi connectivity index (χ2n) is 6.15. The van der Waals surface area contributed by atoms with E-state index in [-0.39, 0.29) is 17.4 Å². The van der Waals surface area contributed by atoms with Gasteiger partial charge in [-0.3, -0.25) is 0 Å². The van der Waals surface area contributed by atoms with Gasteiger partial charge in [0.1, 0.15) is 6.61 Å². The van der Waals surface area contributed by atoms with Crippen molar-refractivity contribution in [3.05, 3.63) is 0 Å². The molecule has 0 aliphatic carbocycles. The van der Waals surface area contributed by atoms with Gasteiger partial charge in [0.25, 0.3) is 0 Å². The third-order valence-corrected chi connectivity index (χ3v) is 3.88. The van der Waals surface area contributed by atoms with Gasteiger partial charge in [0.2, 0.25) is 0 Å². The summed E-state index contributed by atoms with van der Waals surface area (Å²) in [6, 6.07) is -0.227. The second-order valence-corrected chi connectivity index (χ2v) is 6.15. The first-order valence-corrected chi connectivity index (χ1v) is 7.00. The highest BCUT2D eigenvalue weighted by Crippen LogP contribution is 2.30. The standard InChI is InChI=1S/C14H27NO3/c1-5-6-7-8-10(2)11(16)12-14(3,4)9-18-13(17)15-12/h10-12,16H,5-9H2,1-4H3,(H,15,17)/t10-,11-,12?/m1/s1. The molecule has 106 valence electrons. The molecule has 1 saturated heterocycles. The lowest BCUT2D eigenvalue weighted by Crippen LogP contribution is -2.59. The van der Waals surface area contributed by atoms with Crippen LogP contribution in [0.2, 0.25) is 0 Å². The maximum atomic E-state index is 11.3. The van der Waals surface area contributed by atoms with Crippen LogP contribution < -0.4 is 5.32 Å². The van der Waals surface area contributed by atoms with Gasteiger partial charge >= 0.3 is 6.09 Å². The van der Waals surface area contributed by atoms with Crippen LogP contribution >= 0.6 is 0 Å². The highest BCUT2D eigenvalue weighted by atomic mass is 16.6. The molecule has 1 aliphatic rings. The van der Waals surface area contributed by atoms with Gasteiger partial charge in [-0.1, -0.05) is 47.0 Å². The summed E-state index contributed by atoms with van der Waals surface area (Å²) in [7, 11) is 0. The minimum Gasteiger partial charge on any atom is -0.449 e. The van der Waals surface area contributed by atoms with Crippen molar-refractivity contribution in [2.75, 3.05) is 6.61 Å². The summed E-state index contributed by atoms with van der Waals surface area (Å²) in [6.45, 7) is 8.61. The molecule has 0 aromatic carbocycles. The zero-order valence-electron chi connectivity index (χ0n) is 12.0. The van der Waals surface area contributed by atoms with Crippen molar-refractivity contribution in [3.8, 4) is 0 Å². The van der Waals surface area contributed by atoms with Gasteiger partial charge < -0.3 is 15.2 Å². The van der Waals surface area contributed by atoms with Gasteiger partial charge in [-0.2, -0.15) is 0 Å². The average molecular weight is 257 g/mol. The minimum atomic E-state index is -0.510. The summed E-state index contributed by atoms with van der Waals surface area (Å²) >= 11 is 0. The quantitative estimate of drug-likeness (QED) is 0.719. The van der Waals surface area contributed by atoms with E-state index in [1.54, 1.807) is 0 Å². The highest BCUT2D eigenvalue weighted by Gasteiger charge is 2.42. The van der Waals surface area contributed by atoms with Gasteiger partial charge in [0.05, 0.1) is 12.1 Å². The molecule has 4 heteroatoms. The van der Waals surface area contributed by atoms with E-state index in [1.807, 2.05) is 13.8 Å². The lowest BCUT2D eigenvalue weighted by Gasteiger charge is -2.42. The first kappa shape index (κ1) is 15.3. The lowest BCUT2D eigenvalue weighted by atomic mass is 9.77. The summed E-state index contributed by atoms with van der Waals surface area (Å²) in [5.41, 5.74) is -0.230. The smallest absolute Gasteiger partial charge is 0.407 e. The fraction of sp³-hybridized carbons (Fsp3) is 0.929. The Labute approximate surface area is 110 Å². The van der Waals surface area contributed by atoms with Crippen molar-refractivity contribution in [3.63, 3.8) is 0 Å². The molecular formula is C14H27NO3. The molecule has 1 heterocycles. The lowest BCUT2D eigenvalue weighted by molar-refractivity contribution is -0.0310. The van der Waals surface area contributed by atoms with Gasteiger partial charge in [-0.05, 0) is 12.3 Å². The maximum absolute atomic E-state index is 11.3. The number of carbonyl (C=O) groups is 1. The first-order chi connectivity index (χ1) is 8.38. The first-order valence-electron chi connectivity index (χ1n) is 7.00. The summed E-state index contributed by atoms with van der Waals surface area (Å²) in [6.07, 6.45) is 3.58. The molecule has 0 aromatic rings. The van der Waals surface area contributed by atoms with Crippen LogP contribution in [0.5, 0.6) is 0 Å². The van der Waals surface area contributed by atoms with E-state index in [4.69, 9.17) is 4.74 Å². The van der Waals surface area contributed by atoms with Gasteiger partial charge in [-0.15, -0.1) is 0 Å². The van der Waals surface area contributed by atoms with E-state index in [0.717, 1.165) is 12.8 Å². The molecule has 2 N–H and O–H groups in total. The molecule has 0 saturated carbocycles. The summed E-state index contributed by atoms with van der Waals surface area (Å²) in [5.74, 6) is 0.194. The third-order valence-electron chi connectivity index (χ3n) is 3.88. The van der Waals surface area contributed by atoms with Crippen LogP contribution in [0.3, 0.4) is 0 Å². The highest BCUT2D eigenvalue weighted by molar-refractivity contribution is 5.68. The molecule has 3 atom stereocenters. The molecule has 0 radical (unpaired) electrons. The predicted molar refractivity (Wildman–Crippen MR) is 71.4 cm³/mol. The maximum Gasteiger partial charge on any atom is 0.407 e. The fourth-order valence-electron chi connectivity index (χ4n) is 2.47. The Balaban J connectivity index is 2.56. The Bertz CT molecular complexity index is 278. The molecule has 0 aromatic heterocycles. The summed E-state index contributed by atoms with van der Waals surface area (Å²) < 4.78 is 4.99. The van der Waals surface area contributed by atoms with E-state index in [9.17, 15) is 9.90 Å². The number of cyclic esters (lactones) is 1. The molecule has 1 unspecified atom stereocenters. The number of rotatable bonds is 6. The molecule has 0 spiro atoms. The monoisotopic (exact) mass is 257 g/mol. The van der Waals surface area contributed by atoms with Crippen molar-refractivity contribution in [1.82, 2.24) is 5.32 Å². The Morgan fingerprint density at radius 3 is 2.78 bits per heavy atom. The van der Waals surface area contributed by atoms with Crippen LogP contribution in [0, 0.1) is 11.3 Å². The van der Waals surface area contributed by atoms with Crippen LogP contribution in [0.4, 0.5) is 4.79 Å². The van der Waals surface area contributed by atoms with Crippen LogP contribution in [0.15, 0.2) is 0 Å². The molecule has 1 rings (SSSR count). The number of carbonyl (C=O) groups excluding carboxylic acids is 1. The number of nitrogens with one attached hydrogen (secondary N) is 1. The number of hydrogen-bond acceptors (Lipinski definition) is 3. The Morgan fingerprint density at radius 1 is 1.50 bits per heavy atom. The van der Waals surface area contributed by atoms with E-state index in [0.29, 0.717) is 6.61 Å². The van der Waals surface area contributed by atoms with Gasteiger partial charge in [0, 0.05) is 5.41 Å². The average Bonchev–Trinajstić information content (AvgIpc) is 2.31. The van der Waals surface area contributed by atoms with Crippen molar-refractivity contribution >= 4 is 6.09 Å². The molecule has 1 aliphatic heterocycles. The molecule has 1 fully saturated rings. The predicted octanol–water partition coefficient (Wildman–Crippen LogP) is 2.70. The van der Waals surface area contributed by atoms with E-state index >= 15 is 0 Å². The number of hydrogen-bond donors (Lipinski definition) is 2. The molecule has 4 nitrogen and oxygen atoms in total. The van der Waals surface area contributed by atoms with Crippen molar-refractivity contribution in [1.29, 1.82) is 0 Å². The zero-order chi connectivity index (χ0) is 13.8. The van der Waals surface area contributed by atoms with Crippen LogP contribution in [-0.4, -0.2) is 30.0 Å². The SMILES string of the molecule is CCCCC[C@@H](C)[C@@H](O)C1NC(=O)OCC1(C)C. The normalized spacial score (nSPS) is 26.1. The molecule has 18 heavy (non-hydrogen) atoms. The summed E-state index contributed by atoms with van der Waals surface area (Å²) in [4.78, 5) is 11.3. The van der Waals surface area contributed by atoms with E-state index in [2.05, 4.69) is 19.2 Å². The Hall–Kier alpha value is -0.770. The third kappa shape index (κ3) is 3.87. The summed E-state index contributed by atoms with van der Waals surface area (Å²) in [5, 5.41) is 13.2. The van der Waals surface area contributed by atoms with Crippen molar-refractivity contribution < 1.29 is 14.6 Å². The van der Waals surface area contributed by atoms with Crippen LogP contribution in [0.1, 0.15) is 53.4 Å². The topological polar surface area (TPSA) is 58.6 Å². The Morgan fingerprint density at radius 2 is 2.17 bits per heavy atom. The number of aliphatic hydroxyl groups excluding tert-OH is 1. The molecular weight excluding hydrogens is 230 g/mol. The van der Waals surface area contributed by atoms with Crippen LogP contribution in [-0.2, 0) is 4.74 Å². The van der Waals surface area contributed by atoms with Gasteiger partial charge in [-0.25, -0.2) is 4.79 Å². The van der Waals surface area contributed by atoms with Crippen molar-refractivity contribution in [2.45, 2.75) is 65.5 Å². The zero-order valence-corrected chi connectivity index (χ0v) is 12.0. The molecule has 1 amide bonds. The number of ether oxygens (including phenoxy) is 1. The fourth-order valence-corrected chi connectivity index (χ4v) is 2.47. The van der Waals surface area contributed by atoms with E-state index in [1.165, 1.54) is 12.8 Å². The van der Waals surface area contributed by atoms with Crippen LogP contribution in [0.25, 0.3) is 0 Å². The number of aliphatic hydroxyl groups is 1. The van der Waals surface area contributed by atoms with Gasteiger partial charge in [0.15, 0.2) is 0 Å². The Kier molecular flexibility index (Phi) is 5.45. The minimum absolute atomic E-state index is 0.194. The second kappa shape index (κ2) is 6.41. The molecule has 0 bridgehead atoms. The largest absolute Gasteiger partial charge is 0.449 e. The van der Waals surface area contributed by atoms with E-state index < -0.39 is 12.2 Å². The number of unbranched alkanes of at least 4 members (excludes halogenated alkanes) is 2. The van der Waals surface area contributed by atoms with Crippen molar-refractivity contribution in [2.24, 2.45) is 11.3 Å². The number of alkyl carbamates (subject to hydrolysis) is 1. The number of amides is 1.